The lowest BCUT2D eigenvalue weighted by Crippen LogP contribution is -2.47. The minimum absolute atomic E-state index is 0.212. The Morgan fingerprint density at radius 3 is 1.96 bits per heavy atom. The second-order valence-corrected chi connectivity index (χ2v) is 7.35. The Bertz CT molecular complexity index is 756. The van der Waals surface area contributed by atoms with Crippen molar-refractivity contribution < 1.29 is 19.3 Å². The van der Waals surface area contributed by atoms with Gasteiger partial charge in [-0.3, -0.25) is 0 Å². The molecule has 2 heterocycles. The van der Waals surface area contributed by atoms with E-state index < -0.39 is 11.4 Å². The second kappa shape index (κ2) is 6.03. The van der Waals surface area contributed by atoms with Gasteiger partial charge in [-0.05, 0) is 23.3 Å². The summed E-state index contributed by atoms with van der Waals surface area (Å²) in [6.45, 7) is 0.561. The van der Waals surface area contributed by atoms with E-state index in [1.54, 1.807) is 0 Å². The van der Waals surface area contributed by atoms with Crippen LogP contribution in [-0.4, -0.2) is 29.2 Å². The Morgan fingerprint density at radius 2 is 1.38 bits per heavy atom. The van der Waals surface area contributed by atoms with Crippen LogP contribution in [0.4, 0.5) is 0 Å². The van der Waals surface area contributed by atoms with E-state index >= 15 is 0 Å². The maximum Gasteiger partial charge on any atom is 0.192 e. The predicted octanol–water partition coefficient (Wildman–Crippen LogP) is 3.69. The monoisotopic (exact) mass is 350 g/mol. The minimum Gasteiger partial charge on any atom is -0.383 e. The molecule has 2 aromatic carbocycles. The fourth-order valence-electron chi connectivity index (χ4n) is 4.22. The number of ether oxygens (including phenoxy) is 3. The summed E-state index contributed by atoms with van der Waals surface area (Å²) in [4.78, 5) is 0. The average Bonchev–Trinajstić information content (AvgIpc) is 3.25. The fourth-order valence-corrected chi connectivity index (χ4v) is 4.22. The molecule has 2 aliphatic heterocycles. The van der Waals surface area contributed by atoms with E-state index in [1.807, 2.05) is 48.6 Å². The molecule has 0 amide bonds. The third-order valence-corrected chi connectivity index (χ3v) is 5.66. The molecule has 0 radical (unpaired) electrons. The molecule has 134 valence electrons. The minimum atomic E-state index is -0.898. The van der Waals surface area contributed by atoms with Crippen molar-refractivity contribution in [3.63, 3.8) is 0 Å². The third kappa shape index (κ3) is 2.61. The van der Waals surface area contributed by atoms with Gasteiger partial charge in [0.2, 0.25) is 0 Å². The first kappa shape index (κ1) is 16.2. The first-order chi connectivity index (χ1) is 12.7. The van der Waals surface area contributed by atoms with Crippen LogP contribution >= 0.6 is 0 Å². The summed E-state index contributed by atoms with van der Waals surface area (Å²) in [6.07, 6.45) is 4.09. The Balaban J connectivity index is 1.53. The smallest absolute Gasteiger partial charge is 0.192 e. The van der Waals surface area contributed by atoms with Crippen molar-refractivity contribution in [3.8, 4) is 0 Å². The molecule has 4 atom stereocenters. The molecule has 0 aromatic heterocycles. The van der Waals surface area contributed by atoms with Crippen LogP contribution < -0.4 is 0 Å². The molecule has 1 spiro atoms. The zero-order chi connectivity index (χ0) is 17.6. The zero-order valence-electron chi connectivity index (χ0n) is 14.5. The van der Waals surface area contributed by atoms with Gasteiger partial charge >= 0.3 is 0 Å². The summed E-state index contributed by atoms with van der Waals surface area (Å²) in [5.74, 6) is -0.873. The van der Waals surface area contributed by atoms with Crippen LogP contribution in [0.15, 0.2) is 72.8 Å². The van der Waals surface area contributed by atoms with Gasteiger partial charge in [-0.1, -0.05) is 60.7 Å². The van der Waals surface area contributed by atoms with Crippen LogP contribution in [0.25, 0.3) is 0 Å². The maximum absolute atomic E-state index is 10.7. The van der Waals surface area contributed by atoms with Gasteiger partial charge in [-0.25, -0.2) is 0 Å². The van der Waals surface area contributed by atoms with E-state index in [0.717, 1.165) is 11.1 Å². The van der Waals surface area contributed by atoms with E-state index in [2.05, 4.69) is 24.3 Å². The van der Waals surface area contributed by atoms with Crippen LogP contribution in [-0.2, 0) is 14.2 Å². The summed E-state index contributed by atoms with van der Waals surface area (Å²) in [5.41, 5.74) is 1.27. The number of fused-ring (bicyclic) bond motifs is 1. The molecule has 3 aliphatic rings. The van der Waals surface area contributed by atoms with Crippen molar-refractivity contribution in [3.05, 3.63) is 83.9 Å². The Kier molecular flexibility index (Phi) is 3.76. The molecule has 4 heteroatoms. The van der Waals surface area contributed by atoms with Crippen LogP contribution in [0.2, 0.25) is 0 Å². The highest BCUT2D eigenvalue weighted by Crippen LogP contribution is 2.52. The molecule has 0 unspecified atom stereocenters. The highest BCUT2D eigenvalue weighted by Gasteiger charge is 2.55. The lowest BCUT2D eigenvalue weighted by Gasteiger charge is -2.37. The van der Waals surface area contributed by atoms with E-state index in [0.29, 0.717) is 19.4 Å². The number of hydrogen-bond donors (Lipinski definition) is 1. The normalized spacial score (nSPS) is 34.9. The lowest BCUT2D eigenvalue weighted by atomic mass is 9.84. The first-order valence-corrected chi connectivity index (χ1v) is 9.17. The topological polar surface area (TPSA) is 47.9 Å². The summed E-state index contributed by atoms with van der Waals surface area (Å²) in [7, 11) is 0. The second-order valence-electron chi connectivity index (χ2n) is 7.35. The molecular weight excluding hydrogens is 328 g/mol. The molecule has 26 heavy (non-hydrogen) atoms. The van der Waals surface area contributed by atoms with Crippen molar-refractivity contribution in [2.45, 2.75) is 42.5 Å². The van der Waals surface area contributed by atoms with Gasteiger partial charge in [-0.15, -0.1) is 0 Å². The molecule has 5 rings (SSSR count). The molecular formula is C22H22O4. The van der Waals surface area contributed by atoms with E-state index in [4.69, 9.17) is 14.2 Å². The van der Waals surface area contributed by atoms with Crippen molar-refractivity contribution in [1.29, 1.82) is 0 Å². The third-order valence-electron chi connectivity index (χ3n) is 5.66. The number of aliphatic hydroxyl groups is 1. The van der Waals surface area contributed by atoms with Crippen LogP contribution in [0.1, 0.15) is 36.2 Å². The van der Waals surface area contributed by atoms with Crippen molar-refractivity contribution in [2.24, 2.45) is 0 Å². The summed E-state index contributed by atoms with van der Waals surface area (Å²) >= 11 is 0. The van der Waals surface area contributed by atoms with E-state index in [9.17, 15) is 5.11 Å². The highest BCUT2D eigenvalue weighted by molar-refractivity contribution is 5.29. The van der Waals surface area contributed by atoms with Gasteiger partial charge in [0.05, 0.1) is 12.7 Å². The molecule has 1 aliphatic carbocycles. The fraction of sp³-hybridized carbons (Fsp3) is 0.364. The van der Waals surface area contributed by atoms with Gasteiger partial charge in [0.1, 0.15) is 17.8 Å². The Morgan fingerprint density at radius 1 is 0.808 bits per heavy atom. The van der Waals surface area contributed by atoms with Gasteiger partial charge in [0.25, 0.3) is 0 Å². The molecule has 1 N–H and O–H groups in total. The highest BCUT2D eigenvalue weighted by atomic mass is 16.8. The van der Waals surface area contributed by atoms with E-state index in [1.165, 1.54) is 0 Å². The van der Waals surface area contributed by atoms with Gasteiger partial charge in [0.15, 0.2) is 5.79 Å². The van der Waals surface area contributed by atoms with Gasteiger partial charge in [-0.2, -0.15) is 0 Å². The Labute approximate surface area is 153 Å². The molecule has 2 saturated heterocycles. The predicted molar refractivity (Wildman–Crippen MR) is 96.3 cm³/mol. The molecule has 4 nitrogen and oxygen atoms in total. The van der Waals surface area contributed by atoms with Crippen molar-refractivity contribution in [1.82, 2.24) is 0 Å². The van der Waals surface area contributed by atoms with Crippen molar-refractivity contribution in [2.75, 3.05) is 6.61 Å². The summed E-state index contributed by atoms with van der Waals surface area (Å²) in [5, 5.41) is 10.7. The Hall–Kier alpha value is -1.98. The van der Waals surface area contributed by atoms with E-state index in [-0.39, 0.29) is 18.3 Å². The number of rotatable bonds is 2. The summed E-state index contributed by atoms with van der Waals surface area (Å²) in [6, 6.07) is 20.3. The first-order valence-electron chi connectivity index (χ1n) is 9.17. The average molecular weight is 350 g/mol. The SMILES string of the molecule is O[C@@]12C=CC3(C[C@@H]1OCC2)O[C@H](c1ccccc1)[C@@H](c1ccccc1)O3. The molecule has 2 aromatic rings. The van der Waals surface area contributed by atoms with Crippen LogP contribution in [0, 0.1) is 0 Å². The molecule has 0 saturated carbocycles. The summed E-state index contributed by atoms with van der Waals surface area (Å²) < 4.78 is 18.8. The van der Waals surface area contributed by atoms with Crippen LogP contribution in [0.5, 0.6) is 0 Å². The van der Waals surface area contributed by atoms with Crippen molar-refractivity contribution >= 4 is 0 Å². The van der Waals surface area contributed by atoms with Gasteiger partial charge in [0, 0.05) is 12.8 Å². The quantitative estimate of drug-likeness (QED) is 0.839. The standard InChI is InChI=1S/C22H22O4/c23-21-11-12-22(15-18(21)24-14-13-21)25-19(16-7-3-1-4-8-16)20(26-22)17-9-5-2-6-10-17/h1-12,18-20,23H,13-15H2/t18-,19+,20+,21+/m0/s1. The lowest BCUT2D eigenvalue weighted by molar-refractivity contribution is -0.180. The number of hydrogen-bond acceptors (Lipinski definition) is 4. The van der Waals surface area contributed by atoms with Gasteiger partial charge < -0.3 is 19.3 Å². The molecule has 0 bridgehead atoms. The largest absolute Gasteiger partial charge is 0.383 e. The number of benzene rings is 2. The van der Waals surface area contributed by atoms with Crippen LogP contribution in [0.3, 0.4) is 0 Å². The maximum atomic E-state index is 10.7. The zero-order valence-corrected chi connectivity index (χ0v) is 14.5. The molecule has 2 fully saturated rings.